The molecule has 4 atom stereocenters. The molecular weight excluding hydrogens is 300 g/mol. The molecular formula is C16H24N2OS2. The molecule has 2 fully saturated rings. The first-order valence-electron chi connectivity index (χ1n) is 7.74. The van der Waals surface area contributed by atoms with Gasteiger partial charge < -0.3 is 4.90 Å². The van der Waals surface area contributed by atoms with E-state index in [2.05, 4.69) is 47.1 Å². The Hall–Kier alpha value is -0.520. The van der Waals surface area contributed by atoms with Crippen LogP contribution in [-0.2, 0) is 4.79 Å². The number of thiophene rings is 1. The van der Waals surface area contributed by atoms with Crippen LogP contribution in [0.1, 0.15) is 51.3 Å². The van der Waals surface area contributed by atoms with E-state index in [0.717, 1.165) is 19.3 Å². The summed E-state index contributed by atoms with van der Waals surface area (Å²) in [5, 5.41) is 8.58. The molecule has 0 bridgehead atoms. The topological polar surface area (TPSA) is 32.3 Å². The van der Waals surface area contributed by atoms with Crippen molar-refractivity contribution in [3.8, 4) is 0 Å². The molecule has 3 rings (SSSR count). The number of nitrogens with zero attached hydrogens (tertiary/aromatic N) is 1. The number of hydrogen-bond donors (Lipinski definition) is 1. The van der Waals surface area contributed by atoms with E-state index < -0.39 is 5.54 Å². The summed E-state index contributed by atoms with van der Waals surface area (Å²) in [6.45, 7) is 4.15. The fraction of sp³-hybridized carbons (Fsp3) is 0.688. The molecule has 4 unspecified atom stereocenters. The van der Waals surface area contributed by atoms with Crippen molar-refractivity contribution in [2.24, 2.45) is 0 Å². The number of rotatable bonds is 4. The lowest BCUT2D eigenvalue weighted by Crippen LogP contribution is -2.44. The maximum absolute atomic E-state index is 13.0. The van der Waals surface area contributed by atoms with Gasteiger partial charge >= 0.3 is 0 Å². The number of hydrogen-bond acceptors (Lipinski definition) is 4. The quantitative estimate of drug-likeness (QED) is 0.918. The minimum Gasteiger partial charge on any atom is -0.318 e. The van der Waals surface area contributed by atoms with Crippen molar-refractivity contribution in [1.29, 1.82) is 0 Å². The third-order valence-electron chi connectivity index (χ3n) is 5.09. The summed E-state index contributed by atoms with van der Waals surface area (Å²) in [6, 6.07) is 2.53. The van der Waals surface area contributed by atoms with Crippen molar-refractivity contribution >= 4 is 29.0 Å². The van der Waals surface area contributed by atoms with Gasteiger partial charge in [0.25, 0.3) is 0 Å². The van der Waals surface area contributed by atoms with Crippen LogP contribution in [0.2, 0.25) is 0 Å². The van der Waals surface area contributed by atoms with E-state index in [9.17, 15) is 4.79 Å². The SMILES string of the molecule is CCC1(C)NC(c2ccsc2)N(C2CCC(SC)C2)C1=O. The van der Waals surface area contributed by atoms with Crippen molar-refractivity contribution in [3.05, 3.63) is 22.4 Å². The van der Waals surface area contributed by atoms with Crippen LogP contribution < -0.4 is 5.32 Å². The summed E-state index contributed by atoms with van der Waals surface area (Å²) < 4.78 is 0. The van der Waals surface area contributed by atoms with Crippen LogP contribution in [0.3, 0.4) is 0 Å². The molecule has 0 aromatic carbocycles. The third kappa shape index (κ3) is 2.64. The molecule has 0 spiro atoms. The molecule has 1 aromatic rings. The maximum Gasteiger partial charge on any atom is 0.244 e. The summed E-state index contributed by atoms with van der Waals surface area (Å²) in [6.07, 6.45) is 6.58. The van der Waals surface area contributed by atoms with Crippen molar-refractivity contribution in [1.82, 2.24) is 10.2 Å². The van der Waals surface area contributed by atoms with Gasteiger partial charge in [-0.25, -0.2) is 0 Å². The molecule has 1 saturated heterocycles. The van der Waals surface area contributed by atoms with Crippen LogP contribution >= 0.6 is 23.1 Å². The zero-order valence-corrected chi connectivity index (χ0v) is 14.6. The highest BCUT2D eigenvalue weighted by atomic mass is 32.2. The summed E-state index contributed by atoms with van der Waals surface area (Å²) in [7, 11) is 0. The molecule has 21 heavy (non-hydrogen) atoms. The van der Waals surface area contributed by atoms with Crippen molar-refractivity contribution in [2.45, 2.75) is 62.5 Å². The van der Waals surface area contributed by atoms with E-state index in [-0.39, 0.29) is 12.1 Å². The van der Waals surface area contributed by atoms with Gasteiger partial charge in [0.2, 0.25) is 5.91 Å². The molecule has 1 aromatic heterocycles. The molecule has 0 radical (unpaired) electrons. The maximum atomic E-state index is 13.0. The second kappa shape index (κ2) is 5.94. The normalized spacial score (nSPS) is 36.6. The summed E-state index contributed by atoms with van der Waals surface area (Å²) in [4.78, 5) is 15.2. The Morgan fingerprint density at radius 1 is 1.52 bits per heavy atom. The highest BCUT2D eigenvalue weighted by Gasteiger charge is 2.50. The van der Waals surface area contributed by atoms with Crippen molar-refractivity contribution in [2.75, 3.05) is 6.26 Å². The lowest BCUT2D eigenvalue weighted by molar-refractivity contribution is -0.135. The Morgan fingerprint density at radius 3 is 2.90 bits per heavy atom. The molecule has 2 aliphatic rings. The second-order valence-corrected chi connectivity index (χ2v) is 8.24. The van der Waals surface area contributed by atoms with Crippen LogP contribution in [0.15, 0.2) is 16.8 Å². The van der Waals surface area contributed by atoms with Crippen LogP contribution in [0.5, 0.6) is 0 Å². The first kappa shape index (κ1) is 15.4. The van der Waals surface area contributed by atoms with Gasteiger partial charge in [-0.15, -0.1) is 0 Å². The Bertz CT molecular complexity index is 504. The van der Waals surface area contributed by atoms with Gasteiger partial charge in [-0.2, -0.15) is 23.1 Å². The molecule has 3 nitrogen and oxygen atoms in total. The van der Waals surface area contributed by atoms with Crippen LogP contribution in [0.25, 0.3) is 0 Å². The van der Waals surface area contributed by atoms with Gasteiger partial charge in [0.15, 0.2) is 0 Å². The predicted molar refractivity (Wildman–Crippen MR) is 90.7 cm³/mol. The average molecular weight is 325 g/mol. The summed E-state index contributed by atoms with van der Waals surface area (Å²) in [5.74, 6) is 0.285. The molecule has 1 N–H and O–H groups in total. The predicted octanol–water partition coefficient (Wildman–Crippen LogP) is 3.63. The number of thioether (sulfide) groups is 1. The molecule has 5 heteroatoms. The van der Waals surface area contributed by atoms with E-state index in [1.54, 1.807) is 11.3 Å². The summed E-state index contributed by atoms with van der Waals surface area (Å²) >= 11 is 3.65. The van der Waals surface area contributed by atoms with E-state index in [1.807, 2.05) is 11.8 Å². The van der Waals surface area contributed by atoms with Gasteiger partial charge in [0, 0.05) is 11.3 Å². The number of carbonyl (C=O) groups excluding carboxylic acids is 1. The van der Waals surface area contributed by atoms with Gasteiger partial charge in [-0.1, -0.05) is 6.92 Å². The minimum absolute atomic E-state index is 0.0549. The average Bonchev–Trinajstić information content (AvgIpc) is 3.20. The Kier molecular flexibility index (Phi) is 4.35. The zero-order valence-electron chi connectivity index (χ0n) is 13.0. The second-order valence-electron chi connectivity index (χ2n) is 6.33. The molecule has 116 valence electrons. The van der Waals surface area contributed by atoms with E-state index in [0.29, 0.717) is 11.3 Å². The summed E-state index contributed by atoms with van der Waals surface area (Å²) in [5.41, 5.74) is 0.822. The van der Waals surface area contributed by atoms with E-state index in [1.165, 1.54) is 12.0 Å². The Labute approximate surface area is 135 Å². The number of amides is 1. The zero-order chi connectivity index (χ0) is 15.0. The van der Waals surface area contributed by atoms with Crippen LogP contribution in [-0.4, -0.2) is 33.9 Å². The van der Waals surface area contributed by atoms with Crippen molar-refractivity contribution in [3.63, 3.8) is 0 Å². The molecule has 2 heterocycles. The fourth-order valence-electron chi connectivity index (χ4n) is 3.52. The fourth-order valence-corrected chi connectivity index (χ4v) is 4.99. The monoisotopic (exact) mass is 324 g/mol. The Morgan fingerprint density at radius 2 is 2.33 bits per heavy atom. The largest absolute Gasteiger partial charge is 0.318 e. The van der Waals surface area contributed by atoms with E-state index in [4.69, 9.17) is 0 Å². The molecule has 1 saturated carbocycles. The minimum atomic E-state index is -0.413. The van der Waals surface area contributed by atoms with Gasteiger partial charge in [0.05, 0.1) is 5.54 Å². The highest BCUT2D eigenvalue weighted by Crippen LogP contribution is 2.41. The standard InChI is InChI=1S/C16H24N2OS2/c1-4-16(2)15(19)18(12-5-6-13(9-12)20-3)14(17-16)11-7-8-21-10-11/h7-8,10,12-14,17H,4-6,9H2,1-3H3. The lowest BCUT2D eigenvalue weighted by atomic mass is 9.99. The molecule has 1 aliphatic heterocycles. The van der Waals surface area contributed by atoms with E-state index >= 15 is 0 Å². The van der Waals surface area contributed by atoms with Gasteiger partial charge in [0.1, 0.15) is 6.17 Å². The van der Waals surface area contributed by atoms with Crippen molar-refractivity contribution < 1.29 is 4.79 Å². The number of carbonyl (C=O) groups is 1. The van der Waals surface area contributed by atoms with Gasteiger partial charge in [-0.05, 0) is 61.3 Å². The molecule has 1 aliphatic carbocycles. The molecule has 1 amide bonds. The Balaban J connectivity index is 1.89. The lowest BCUT2D eigenvalue weighted by Gasteiger charge is -2.30. The van der Waals surface area contributed by atoms with Crippen LogP contribution in [0.4, 0.5) is 0 Å². The first-order valence-corrected chi connectivity index (χ1v) is 9.97. The highest BCUT2D eigenvalue weighted by molar-refractivity contribution is 7.99. The smallest absolute Gasteiger partial charge is 0.244 e. The number of nitrogens with one attached hydrogen (secondary N) is 1. The third-order valence-corrected chi connectivity index (χ3v) is 6.89. The first-order chi connectivity index (χ1) is 10.1. The van der Waals surface area contributed by atoms with Crippen LogP contribution in [0, 0.1) is 0 Å². The van der Waals surface area contributed by atoms with Gasteiger partial charge in [-0.3, -0.25) is 10.1 Å².